The molecule has 1 heterocycles. The van der Waals surface area contributed by atoms with E-state index in [1.54, 1.807) is 36.4 Å². The van der Waals surface area contributed by atoms with Crippen LogP contribution in [0.2, 0.25) is 0 Å². The van der Waals surface area contributed by atoms with E-state index >= 15 is 0 Å². The fourth-order valence-corrected chi connectivity index (χ4v) is 4.31. The Morgan fingerprint density at radius 1 is 1.03 bits per heavy atom. The summed E-state index contributed by atoms with van der Waals surface area (Å²) in [5, 5.41) is 2.80. The summed E-state index contributed by atoms with van der Waals surface area (Å²) in [4.78, 5) is 12.7. The zero-order valence-corrected chi connectivity index (χ0v) is 18.2. The summed E-state index contributed by atoms with van der Waals surface area (Å²) in [6.07, 6.45) is 2.85. The number of anilines is 2. The highest BCUT2D eigenvalue weighted by Gasteiger charge is 2.22. The third-order valence-corrected chi connectivity index (χ3v) is 6.71. The lowest BCUT2D eigenvalue weighted by Gasteiger charge is -2.19. The number of amides is 1. The van der Waals surface area contributed by atoms with Crippen LogP contribution in [-0.4, -0.2) is 21.4 Å². The fraction of sp³-hybridized carbons (Fsp3) is 0.217. The number of rotatable bonds is 7. The largest absolute Gasteiger partial charge is 0.321 e. The molecule has 0 saturated carbocycles. The van der Waals surface area contributed by atoms with E-state index in [0.717, 1.165) is 17.7 Å². The lowest BCUT2D eigenvalue weighted by atomic mass is 10.2. The van der Waals surface area contributed by atoms with Crippen LogP contribution < -0.4 is 14.2 Å². The lowest BCUT2D eigenvalue weighted by molar-refractivity contribution is -0.690. The van der Waals surface area contributed by atoms with Crippen molar-refractivity contribution < 1.29 is 17.8 Å². The quantitative estimate of drug-likeness (QED) is 0.592. The number of carbonyl (C=O) groups is 1. The molecule has 0 unspecified atom stereocenters. The maximum atomic E-state index is 13.0. The van der Waals surface area contributed by atoms with E-state index in [9.17, 15) is 13.2 Å². The highest BCUT2D eigenvalue weighted by molar-refractivity contribution is 7.92. The standard InChI is InChI=1S/C23H25N3O3S/c1-4-19-14-13-18(2)26(16-19)17-23(27)24-20-9-8-12-22(15-20)30(28,29)25(3)21-10-6-5-7-11-21/h5-16H,4,17H2,1-3H3/p+1. The molecule has 0 fully saturated rings. The van der Waals surface area contributed by atoms with Gasteiger partial charge < -0.3 is 5.32 Å². The number of sulfonamides is 1. The topological polar surface area (TPSA) is 70.4 Å². The first-order chi connectivity index (χ1) is 14.3. The summed E-state index contributed by atoms with van der Waals surface area (Å²) in [7, 11) is -2.24. The predicted molar refractivity (Wildman–Crippen MR) is 118 cm³/mol. The Hall–Kier alpha value is -3.19. The van der Waals surface area contributed by atoms with Crippen molar-refractivity contribution in [1.82, 2.24) is 0 Å². The lowest BCUT2D eigenvalue weighted by Crippen LogP contribution is -2.43. The zero-order chi connectivity index (χ0) is 21.7. The number of aryl methyl sites for hydroxylation is 2. The van der Waals surface area contributed by atoms with Gasteiger partial charge in [-0.3, -0.25) is 9.10 Å². The van der Waals surface area contributed by atoms with Gasteiger partial charge in [0.05, 0.1) is 10.6 Å². The zero-order valence-electron chi connectivity index (χ0n) is 17.4. The van der Waals surface area contributed by atoms with E-state index in [1.165, 1.54) is 23.5 Å². The summed E-state index contributed by atoms with van der Waals surface area (Å²) >= 11 is 0. The molecule has 1 amide bonds. The van der Waals surface area contributed by atoms with Gasteiger partial charge in [0, 0.05) is 31.3 Å². The number of benzene rings is 2. The van der Waals surface area contributed by atoms with Gasteiger partial charge in [0.1, 0.15) is 0 Å². The molecule has 3 rings (SSSR count). The number of pyridine rings is 1. The van der Waals surface area contributed by atoms with Crippen LogP contribution in [-0.2, 0) is 27.8 Å². The number of carbonyl (C=O) groups excluding carboxylic acids is 1. The van der Waals surface area contributed by atoms with Crippen molar-refractivity contribution >= 4 is 27.3 Å². The molecule has 0 bridgehead atoms. The van der Waals surface area contributed by atoms with Crippen LogP contribution in [0, 0.1) is 6.92 Å². The molecule has 7 heteroatoms. The second-order valence-electron chi connectivity index (χ2n) is 7.04. The summed E-state index contributed by atoms with van der Waals surface area (Å²) in [6, 6.07) is 19.2. The maximum Gasteiger partial charge on any atom is 0.290 e. The van der Waals surface area contributed by atoms with E-state index in [2.05, 4.69) is 12.2 Å². The van der Waals surface area contributed by atoms with Crippen LogP contribution in [0.1, 0.15) is 18.2 Å². The van der Waals surface area contributed by atoms with Crippen molar-refractivity contribution in [3.63, 3.8) is 0 Å². The first-order valence-electron chi connectivity index (χ1n) is 9.74. The first-order valence-corrected chi connectivity index (χ1v) is 11.2. The van der Waals surface area contributed by atoms with Crippen LogP contribution in [0.5, 0.6) is 0 Å². The minimum Gasteiger partial charge on any atom is -0.321 e. The molecule has 0 saturated heterocycles. The van der Waals surface area contributed by atoms with Crippen molar-refractivity contribution in [1.29, 1.82) is 0 Å². The van der Waals surface area contributed by atoms with Crippen LogP contribution in [0.3, 0.4) is 0 Å². The number of hydrogen-bond donors (Lipinski definition) is 1. The average Bonchev–Trinajstić information content (AvgIpc) is 2.75. The molecular weight excluding hydrogens is 398 g/mol. The van der Waals surface area contributed by atoms with Crippen LogP contribution >= 0.6 is 0 Å². The van der Waals surface area contributed by atoms with Gasteiger partial charge in [0.2, 0.25) is 6.54 Å². The van der Waals surface area contributed by atoms with Crippen molar-refractivity contribution in [3.05, 3.63) is 84.2 Å². The van der Waals surface area contributed by atoms with Gasteiger partial charge in [-0.25, -0.2) is 8.42 Å². The average molecular weight is 425 g/mol. The van der Waals surface area contributed by atoms with Crippen molar-refractivity contribution in [3.8, 4) is 0 Å². The molecular formula is C23H26N3O3S+. The molecule has 2 aromatic carbocycles. The van der Waals surface area contributed by atoms with E-state index in [0.29, 0.717) is 11.4 Å². The molecule has 0 spiro atoms. The fourth-order valence-electron chi connectivity index (χ4n) is 3.07. The van der Waals surface area contributed by atoms with Gasteiger partial charge in [-0.2, -0.15) is 4.57 Å². The molecule has 0 aliphatic carbocycles. The smallest absolute Gasteiger partial charge is 0.290 e. The molecule has 156 valence electrons. The third kappa shape index (κ3) is 4.86. The van der Waals surface area contributed by atoms with Gasteiger partial charge >= 0.3 is 0 Å². The maximum absolute atomic E-state index is 13.0. The Balaban J connectivity index is 1.78. The SMILES string of the molecule is CCc1ccc(C)[n+](CC(=O)Nc2cccc(S(=O)(=O)N(C)c3ccccc3)c2)c1. The molecule has 30 heavy (non-hydrogen) atoms. The predicted octanol–water partition coefficient (Wildman–Crippen LogP) is 3.31. The minimum absolute atomic E-state index is 0.114. The number of nitrogens with one attached hydrogen (secondary N) is 1. The van der Waals surface area contributed by atoms with Crippen molar-refractivity contribution in [2.75, 3.05) is 16.7 Å². The second-order valence-corrected chi connectivity index (χ2v) is 9.01. The Morgan fingerprint density at radius 3 is 2.47 bits per heavy atom. The highest BCUT2D eigenvalue weighted by atomic mass is 32.2. The third-order valence-electron chi connectivity index (χ3n) is 4.93. The number of para-hydroxylation sites is 1. The van der Waals surface area contributed by atoms with Gasteiger partial charge in [0.15, 0.2) is 11.9 Å². The van der Waals surface area contributed by atoms with Crippen LogP contribution in [0.25, 0.3) is 0 Å². The van der Waals surface area contributed by atoms with Gasteiger partial charge in [-0.15, -0.1) is 0 Å². The summed E-state index contributed by atoms with van der Waals surface area (Å²) in [5.74, 6) is -0.220. The summed E-state index contributed by atoms with van der Waals surface area (Å²) in [6.45, 7) is 4.16. The second kappa shape index (κ2) is 9.09. The number of hydrogen-bond acceptors (Lipinski definition) is 3. The van der Waals surface area contributed by atoms with Crippen molar-refractivity contribution in [2.45, 2.75) is 31.7 Å². The molecule has 0 atom stereocenters. The monoisotopic (exact) mass is 424 g/mol. The molecule has 1 aromatic heterocycles. The number of aromatic nitrogens is 1. The van der Waals surface area contributed by atoms with E-state index in [-0.39, 0.29) is 17.3 Å². The minimum atomic E-state index is -3.75. The number of nitrogens with zero attached hydrogens (tertiary/aromatic N) is 2. The van der Waals surface area contributed by atoms with Gasteiger partial charge in [0.25, 0.3) is 15.9 Å². The summed E-state index contributed by atoms with van der Waals surface area (Å²) < 4.78 is 29.1. The molecule has 6 nitrogen and oxygen atoms in total. The molecule has 0 aliphatic heterocycles. The highest BCUT2D eigenvalue weighted by Crippen LogP contribution is 2.23. The Kier molecular flexibility index (Phi) is 6.52. The van der Waals surface area contributed by atoms with E-state index in [4.69, 9.17) is 0 Å². The Labute approximate surface area is 177 Å². The van der Waals surface area contributed by atoms with Gasteiger partial charge in [-0.1, -0.05) is 31.2 Å². The first kappa shape index (κ1) is 21.5. The summed E-state index contributed by atoms with van der Waals surface area (Å²) in [5.41, 5.74) is 3.12. The molecule has 1 N–H and O–H groups in total. The molecule has 0 radical (unpaired) electrons. The van der Waals surface area contributed by atoms with Crippen molar-refractivity contribution in [2.24, 2.45) is 0 Å². The van der Waals surface area contributed by atoms with Crippen LogP contribution in [0.15, 0.2) is 77.8 Å². The van der Waals surface area contributed by atoms with Gasteiger partial charge in [-0.05, 0) is 42.8 Å². The molecule has 3 aromatic rings. The van der Waals surface area contributed by atoms with E-state index < -0.39 is 10.0 Å². The van der Waals surface area contributed by atoms with E-state index in [1.807, 2.05) is 35.9 Å². The Morgan fingerprint density at radius 2 is 1.77 bits per heavy atom. The van der Waals surface area contributed by atoms with Crippen LogP contribution in [0.4, 0.5) is 11.4 Å². The Bertz CT molecular complexity index is 1150. The molecule has 0 aliphatic rings. The normalized spacial score (nSPS) is 11.2.